The lowest BCUT2D eigenvalue weighted by Crippen LogP contribution is -2.44. The van der Waals surface area contributed by atoms with Crippen molar-refractivity contribution in [1.29, 1.82) is 0 Å². The number of carbonyl (C=O) groups excluding carboxylic acids is 2. The first-order chi connectivity index (χ1) is 13.8. The molecule has 0 spiro atoms. The van der Waals surface area contributed by atoms with Crippen molar-refractivity contribution in [1.82, 2.24) is 8.87 Å². The summed E-state index contributed by atoms with van der Waals surface area (Å²) in [6.45, 7) is 1.88. The normalized spacial score (nSPS) is 17.7. The maximum absolute atomic E-state index is 13.1. The minimum Gasteiger partial charge on any atom is -0.341 e. The van der Waals surface area contributed by atoms with E-state index in [1.54, 1.807) is 12.1 Å². The number of rotatable bonds is 4. The maximum Gasteiger partial charge on any atom is 0.266 e. The number of benzene rings is 2. The molecule has 2 heterocycles. The zero-order valence-electron chi connectivity index (χ0n) is 16.3. The highest BCUT2D eigenvalue weighted by atomic mass is 32.2. The number of aromatic nitrogens is 1. The second-order valence-corrected chi connectivity index (χ2v) is 9.35. The Morgan fingerprint density at radius 1 is 1.07 bits per heavy atom. The molecule has 1 amide bonds. The fraction of sp³-hybridized carbons (Fsp3) is 0.273. The Balaban J connectivity index is 1.55. The topological polar surface area (TPSA) is 76.5 Å². The highest BCUT2D eigenvalue weighted by Gasteiger charge is 2.38. The van der Waals surface area contributed by atoms with Crippen LogP contribution in [0.25, 0.3) is 10.9 Å². The Labute approximate surface area is 169 Å². The van der Waals surface area contributed by atoms with Crippen LogP contribution in [0.4, 0.5) is 0 Å². The number of sulfonamides is 1. The van der Waals surface area contributed by atoms with E-state index in [4.69, 9.17) is 0 Å². The molecule has 7 heteroatoms. The minimum absolute atomic E-state index is 0.00932. The van der Waals surface area contributed by atoms with Gasteiger partial charge in [-0.05, 0) is 37.6 Å². The molecule has 0 saturated carbocycles. The van der Waals surface area contributed by atoms with Gasteiger partial charge in [0.2, 0.25) is 5.91 Å². The van der Waals surface area contributed by atoms with E-state index in [2.05, 4.69) is 0 Å². The largest absolute Gasteiger partial charge is 0.341 e. The van der Waals surface area contributed by atoms with Crippen LogP contribution in [0, 0.1) is 12.8 Å². The van der Waals surface area contributed by atoms with Gasteiger partial charge in [-0.2, -0.15) is 0 Å². The molecule has 150 valence electrons. The van der Waals surface area contributed by atoms with Crippen LogP contribution in [-0.2, 0) is 21.9 Å². The van der Waals surface area contributed by atoms with E-state index in [0.717, 1.165) is 20.8 Å². The van der Waals surface area contributed by atoms with Crippen molar-refractivity contribution in [3.05, 3.63) is 65.9 Å². The molecule has 1 fully saturated rings. The van der Waals surface area contributed by atoms with Gasteiger partial charge in [-0.1, -0.05) is 35.9 Å². The molecule has 3 aromatic rings. The van der Waals surface area contributed by atoms with Gasteiger partial charge in [0.05, 0.1) is 10.6 Å². The van der Waals surface area contributed by atoms with E-state index in [1.165, 1.54) is 12.1 Å². The van der Waals surface area contributed by atoms with Gasteiger partial charge in [0.15, 0.2) is 5.78 Å². The third-order valence-corrected chi connectivity index (χ3v) is 7.40. The summed E-state index contributed by atoms with van der Waals surface area (Å²) in [4.78, 5) is 25.8. The average molecular weight is 410 g/mol. The Bertz CT molecular complexity index is 1210. The van der Waals surface area contributed by atoms with Gasteiger partial charge in [0.25, 0.3) is 10.0 Å². The lowest BCUT2D eigenvalue weighted by Gasteiger charge is -2.30. The van der Waals surface area contributed by atoms with Crippen LogP contribution < -0.4 is 0 Å². The summed E-state index contributed by atoms with van der Waals surface area (Å²) >= 11 is 0. The molecule has 29 heavy (non-hydrogen) atoms. The highest BCUT2D eigenvalue weighted by molar-refractivity contribution is 7.89. The molecule has 0 radical (unpaired) electrons. The quantitative estimate of drug-likeness (QED) is 0.619. The van der Waals surface area contributed by atoms with E-state index < -0.39 is 21.8 Å². The van der Waals surface area contributed by atoms with E-state index >= 15 is 0 Å². The van der Waals surface area contributed by atoms with Gasteiger partial charge in [0, 0.05) is 36.8 Å². The van der Waals surface area contributed by atoms with Crippen LogP contribution >= 0.6 is 0 Å². The zero-order valence-corrected chi connectivity index (χ0v) is 17.1. The van der Waals surface area contributed by atoms with Crippen molar-refractivity contribution in [3.63, 3.8) is 0 Å². The highest BCUT2D eigenvalue weighted by Crippen LogP contribution is 2.29. The molecule has 2 aromatic carbocycles. The van der Waals surface area contributed by atoms with E-state index in [1.807, 2.05) is 48.9 Å². The molecular weight excluding hydrogens is 388 g/mol. The minimum atomic E-state index is -3.90. The molecule has 0 aliphatic carbocycles. The standard InChI is InChI=1S/C22H22N2O4S/c1-15-7-9-18(10-8-15)29(27,28)24-12-11-17(14-21(24)25)22(26)20-13-16-5-3-4-6-19(16)23(20)2/h3-10,13,17H,11-12,14H2,1-2H3. The molecule has 1 atom stereocenters. The van der Waals surface area contributed by atoms with Crippen molar-refractivity contribution in [2.24, 2.45) is 13.0 Å². The summed E-state index contributed by atoms with van der Waals surface area (Å²) < 4.78 is 28.4. The summed E-state index contributed by atoms with van der Waals surface area (Å²) in [5.41, 5.74) is 2.43. The summed E-state index contributed by atoms with van der Waals surface area (Å²) in [5, 5.41) is 0.962. The van der Waals surface area contributed by atoms with Crippen LogP contribution in [0.15, 0.2) is 59.5 Å². The van der Waals surface area contributed by atoms with Gasteiger partial charge < -0.3 is 4.57 Å². The van der Waals surface area contributed by atoms with Crippen molar-refractivity contribution in [3.8, 4) is 0 Å². The summed E-state index contributed by atoms with van der Waals surface area (Å²) in [6, 6.07) is 15.9. The Morgan fingerprint density at radius 3 is 2.41 bits per heavy atom. The smallest absolute Gasteiger partial charge is 0.266 e. The van der Waals surface area contributed by atoms with Crippen molar-refractivity contribution in [2.75, 3.05) is 6.54 Å². The molecule has 1 unspecified atom stereocenters. The number of hydrogen-bond donors (Lipinski definition) is 0. The Kier molecular flexibility index (Phi) is 4.78. The number of para-hydroxylation sites is 1. The SMILES string of the molecule is Cc1ccc(S(=O)(=O)N2CCC(C(=O)c3cc4ccccc4n3C)CC2=O)cc1. The Hall–Kier alpha value is -2.93. The van der Waals surface area contributed by atoms with Crippen LogP contribution in [0.3, 0.4) is 0 Å². The van der Waals surface area contributed by atoms with Gasteiger partial charge >= 0.3 is 0 Å². The zero-order chi connectivity index (χ0) is 20.8. The number of ketones is 1. The summed E-state index contributed by atoms with van der Waals surface area (Å²) in [7, 11) is -2.08. The average Bonchev–Trinajstić information content (AvgIpc) is 3.04. The predicted molar refractivity (Wildman–Crippen MR) is 110 cm³/mol. The van der Waals surface area contributed by atoms with E-state index in [0.29, 0.717) is 12.1 Å². The number of carbonyl (C=O) groups is 2. The van der Waals surface area contributed by atoms with Crippen LogP contribution in [0.2, 0.25) is 0 Å². The number of aryl methyl sites for hydroxylation is 2. The lowest BCUT2D eigenvalue weighted by atomic mass is 9.91. The third-order valence-electron chi connectivity index (χ3n) is 5.56. The molecule has 6 nitrogen and oxygen atoms in total. The second kappa shape index (κ2) is 7.15. The predicted octanol–water partition coefficient (Wildman–Crippen LogP) is 3.30. The number of nitrogens with zero attached hydrogens (tertiary/aromatic N) is 2. The molecular formula is C22H22N2O4S. The van der Waals surface area contributed by atoms with Gasteiger partial charge in [0.1, 0.15) is 0 Å². The van der Waals surface area contributed by atoms with E-state index in [-0.39, 0.29) is 23.6 Å². The van der Waals surface area contributed by atoms with E-state index in [9.17, 15) is 18.0 Å². The second-order valence-electron chi connectivity index (χ2n) is 7.49. The molecule has 0 N–H and O–H groups in total. The van der Waals surface area contributed by atoms with Gasteiger partial charge in [-0.25, -0.2) is 12.7 Å². The fourth-order valence-corrected chi connectivity index (χ4v) is 5.29. The summed E-state index contributed by atoms with van der Waals surface area (Å²) in [6.07, 6.45) is 0.211. The van der Waals surface area contributed by atoms with Gasteiger partial charge in [-0.15, -0.1) is 0 Å². The fourth-order valence-electron chi connectivity index (χ4n) is 3.86. The first-order valence-electron chi connectivity index (χ1n) is 9.50. The van der Waals surface area contributed by atoms with Crippen LogP contribution in [0.5, 0.6) is 0 Å². The Morgan fingerprint density at radius 2 is 1.76 bits per heavy atom. The first-order valence-corrected chi connectivity index (χ1v) is 10.9. The van der Waals surface area contributed by atoms with Crippen molar-refractivity contribution in [2.45, 2.75) is 24.7 Å². The molecule has 1 aromatic heterocycles. The number of Topliss-reactive ketones (excluding diaryl/α,β-unsaturated/α-hetero) is 1. The third kappa shape index (κ3) is 3.35. The number of fused-ring (bicyclic) bond motifs is 1. The summed E-state index contributed by atoms with van der Waals surface area (Å²) in [5.74, 6) is -1.17. The van der Waals surface area contributed by atoms with Gasteiger partial charge in [-0.3, -0.25) is 9.59 Å². The monoisotopic (exact) mass is 410 g/mol. The molecule has 1 aliphatic heterocycles. The van der Waals surface area contributed by atoms with Crippen molar-refractivity contribution >= 4 is 32.6 Å². The maximum atomic E-state index is 13.1. The van der Waals surface area contributed by atoms with Crippen molar-refractivity contribution < 1.29 is 18.0 Å². The molecule has 0 bridgehead atoms. The first kappa shape index (κ1) is 19.4. The van der Waals surface area contributed by atoms with Crippen LogP contribution in [-0.4, -0.2) is 35.5 Å². The molecule has 1 aliphatic rings. The number of piperidine rings is 1. The number of hydrogen-bond acceptors (Lipinski definition) is 4. The lowest BCUT2D eigenvalue weighted by molar-refractivity contribution is -0.129. The molecule has 4 rings (SSSR count). The molecule has 1 saturated heterocycles. The number of amides is 1. The van der Waals surface area contributed by atoms with Crippen LogP contribution in [0.1, 0.15) is 28.9 Å².